The monoisotopic (exact) mass is 574 g/mol. The van der Waals surface area contributed by atoms with E-state index in [0.717, 1.165) is 0 Å². The zero-order valence-corrected chi connectivity index (χ0v) is 27.7. The molecule has 0 aromatic heterocycles. The van der Waals surface area contributed by atoms with Gasteiger partial charge in [0.15, 0.2) is 0 Å². The molecule has 0 fully saturated rings. The third-order valence-electron chi connectivity index (χ3n) is 9.50. The summed E-state index contributed by atoms with van der Waals surface area (Å²) in [6.07, 6.45) is 0. The van der Waals surface area contributed by atoms with Gasteiger partial charge in [-0.05, 0) is 113 Å². The molecule has 0 N–H and O–H groups in total. The predicted octanol–water partition coefficient (Wildman–Crippen LogP) is 9.29. The quantitative estimate of drug-likeness (QED) is 0.190. The summed E-state index contributed by atoms with van der Waals surface area (Å²) in [5.41, 5.74) is 18.3. The average molecular weight is 575 g/mol. The lowest BCUT2D eigenvalue weighted by molar-refractivity contribution is 0.590. The van der Waals surface area contributed by atoms with Gasteiger partial charge in [-0.2, -0.15) is 0 Å². The topological polar surface area (TPSA) is 6.48 Å². The van der Waals surface area contributed by atoms with Crippen LogP contribution in [-0.2, 0) is 10.8 Å². The van der Waals surface area contributed by atoms with Crippen LogP contribution in [0.4, 0.5) is 34.1 Å². The first-order valence-electron chi connectivity index (χ1n) is 16.0. The zero-order valence-electron chi connectivity index (χ0n) is 27.7. The smallest absolute Gasteiger partial charge is 0.252 e. The first kappa shape index (κ1) is 28.5. The predicted molar refractivity (Wildman–Crippen MR) is 192 cm³/mol. The molecule has 220 valence electrons. The number of benzene rings is 5. The Balaban J connectivity index is 1.52. The van der Waals surface area contributed by atoms with E-state index in [1.165, 1.54) is 78.3 Å². The summed E-state index contributed by atoms with van der Waals surface area (Å²) in [7, 11) is 0. The Morgan fingerprint density at radius 2 is 0.818 bits per heavy atom. The molecular formula is C41H43BN2. The van der Waals surface area contributed by atoms with E-state index in [1.54, 1.807) is 0 Å². The van der Waals surface area contributed by atoms with Crippen LogP contribution in [0.15, 0.2) is 97.1 Å². The molecule has 0 aliphatic carbocycles. The van der Waals surface area contributed by atoms with E-state index in [4.69, 9.17) is 0 Å². The molecule has 44 heavy (non-hydrogen) atoms. The SMILES string of the molecule is Cc1ccc2c(c1)B1c3cc(C)ccc3N(c3ccc(C(C)(C)C)cc3)c3cc(C)cc(c31)N2c1ccc(C(C)(C)C)cc1. The van der Waals surface area contributed by atoms with Gasteiger partial charge in [0.05, 0.1) is 0 Å². The van der Waals surface area contributed by atoms with E-state index in [2.05, 4.69) is 169 Å². The van der Waals surface area contributed by atoms with Crippen LogP contribution in [0.25, 0.3) is 0 Å². The van der Waals surface area contributed by atoms with Gasteiger partial charge < -0.3 is 9.80 Å². The Bertz CT molecular complexity index is 1770. The molecular weight excluding hydrogens is 531 g/mol. The lowest BCUT2D eigenvalue weighted by Gasteiger charge is -2.44. The molecule has 0 saturated heterocycles. The number of anilines is 6. The first-order chi connectivity index (χ1) is 20.8. The van der Waals surface area contributed by atoms with Crippen molar-refractivity contribution in [3.8, 4) is 0 Å². The second-order valence-corrected chi connectivity index (χ2v) is 15.0. The van der Waals surface area contributed by atoms with Gasteiger partial charge in [-0.25, -0.2) is 0 Å². The molecule has 0 saturated carbocycles. The van der Waals surface area contributed by atoms with Gasteiger partial charge in [0.2, 0.25) is 0 Å². The van der Waals surface area contributed by atoms with Crippen LogP contribution in [0.1, 0.15) is 69.4 Å². The normalized spacial score (nSPS) is 13.9. The highest BCUT2D eigenvalue weighted by Gasteiger charge is 2.43. The highest BCUT2D eigenvalue weighted by atomic mass is 15.2. The Kier molecular flexibility index (Phi) is 6.41. The van der Waals surface area contributed by atoms with Gasteiger partial charge in [0.1, 0.15) is 0 Å². The minimum absolute atomic E-state index is 0.105. The maximum Gasteiger partial charge on any atom is 0.252 e. The summed E-state index contributed by atoms with van der Waals surface area (Å²) >= 11 is 0. The molecule has 7 rings (SSSR count). The standard InChI is InChI=1S/C41H43BN2/c1-26-10-20-35-33(22-26)42-34-23-27(2)11-21-36(34)44(32-18-14-30(15-19-32)41(7,8)9)38-25-28(3)24-37(39(38)42)43(35)31-16-12-29(13-17-31)40(4,5)6/h10-25H,1-9H3. The number of nitrogens with zero attached hydrogens (tertiary/aromatic N) is 2. The van der Waals surface area contributed by atoms with Gasteiger partial charge in [-0.15, -0.1) is 0 Å². The molecule has 0 bridgehead atoms. The number of rotatable bonds is 2. The number of hydrogen-bond donors (Lipinski definition) is 0. The summed E-state index contributed by atoms with van der Waals surface area (Å²) < 4.78 is 0. The van der Waals surface area contributed by atoms with Crippen molar-refractivity contribution in [2.24, 2.45) is 0 Å². The lowest BCUT2D eigenvalue weighted by Crippen LogP contribution is -2.61. The minimum Gasteiger partial charge on any atom is -0.311 e. The van der Waals surface area contributed by atoms with Crippen molar-refractivity contribution in [2.75, 3.05) is 9.80 Å². The van der Waals surface area contributed by atoms with Crippen LogP contribution in [0.5, 0.6) is 0 Å². The van der Waals surface area contributed by atoms with Crippen molar-refractivity contribution in [1.29, 1.82) is 0 Å². The van der Waals surface area contributed by atoms with Crippen LogP contribution in [-0.4, -0.2) is 6.71 Å². The molecule has 0 amide bonds. The maximum absolute atomic E-state index is 2.51. The van der Waals surface area contributed by atoms with Gasteiger partial charge in [-0.1, -0.05) is 101 Å². The summed E-state index contributed by atoms with van der Waals surface area (Å²) in [5, 5.41) is 0. The van der Waals surface area contributed by atoms with Gasteiger partial charge >= 0.3 is 0 Å². The van der Waals surface area contributed by atoms with E-state index >= 15 is 0 Å². The fourth-order valence-corrected chi connectivity index (χ4v) is 7.16. The highest BCUT2D eigenvalue weighted by molar-refractivity contribution is 7.00. The average Bonchev–Trinajstić information content (AvgIpc) is 2.96. The van der Waals surface area contributed by atoms with E-state index in [0.29, 0.717) is 0 Å². The third-order valence-corrected chi connectivity index (χ3v) is 9.50. The molecule has 2 aliphatic rings. The summed E-state index contributed by atoms with van der Waals surface area (Å²) in [6.45, 7) is 20.5. The van der Waals surface area contributed by atoms with Crippen LogP contribution in [0.3, 0.4) is 0 Å². The number of aryl methyl sites for hydroxylation is 3. The fraction of sp³-hybridized carbons (Fsp3) is 0.268. The van der Waals surface area contributed by atoms with Crippen molar-refractivity contribution >= 4 is 57.2 Å². The van der Waals surface area contributed by atoms with Gasteiger partial charge in [-0.3, -0.25) is 0 Å². The molecule has 5 aromatic rings. The van der Waals surface area contributed by atoms with E-state index in [-0.39, 0.29) is 17.5 Å². The van der Waals surface area contributed by atoms with E-state index in [1.807, 2.05) is 0 Å². The van der Waals surface area contributed by atoms with Crippen LogP contribution >= 0.6 is 0 Å². The summed E-state index contributed by atoms with van der Waals surface area (Å²) in [6, 6.07) is 37.3. The third kappa shape index (κ3) is 4.56. The van der Waals surface area contributed by atoms with Gasteiger partial charge in [0.25, 0.3) is 6.71 Å². The Morgan fingerprint density at radius 1 is 0.432 bits per heavy atom. The number of fused-ring (bicyclic) bond motifs is 4. The van der Waals surface area contributed by atoms with Crippen molar-refractivity contribution in [3.05, 3.63) is 125 Å². The second-order valence-electron chi connectivity index (χ2n) is 15.0. The largest absolute Gasteiger partial charge is 0.311 e. The molecule has 0 radical (unpaired) electrons. The first-order valence-corrected chi connectivity index (χ1v) is 16.0. The van der Waals surface area contributed by atoms with Crippen molar-refractivity contribution < 1.29 is 0 Å². The van der Waals surface area contributed by atoms with Crippen LogP contribution in [0, 0.1) is 20.8 Å². The second kappa shape index (κ2) is 9.89. The summed E-state index contributed by atoms with van der Waals surface area (Å²) in [4.78, 5) is 5.01. The maximum atomic E-state index is 2.51. The molecule has 5 aromatic carbocycles. The summed E-state index contributed by atoms with van der Waals surface area (Å²) in [5.74, 6) is 0. The molecule has 3 heteroatoms. The Labute approximate surface area is 264 Å². The molecule has 2 aliphatic heterocycles. The minimum atomic E-state index is 0.105. The Hall–Kier alpha value is -4.24. The van der Waals surface area contributed by atoms with Crippen molar-refractivity contribution in [1.82, 2.24) is 0 Å². The molecule has 0 spiro atoms. The zero-order chi connectivity index (χ0) is 31.1. The van der Waals surface area contributed by atoms with Gasteiger partial charge in [0, 0.05) is 34.1 Å². The van der Waals surface area contributed by atoms with Crippen LogP contribution < -0.4 is 26.2 Å². The number of hydrogen-bond acceptors (Lipinski definition) is 2. The van der Waals surface area contributed by atoms with Crippen molar-refractivity contribution in [2.45, 2.75) is 73.1 Å². The lowest BCUT2D eigenvalue weighted by atomic mass is 9.33. The molecule has 2 nitrogen and oxygen atoms in total. The molecule has 2 heterocycles. The highest BCUT2D eigenvalue weighted by Crippen LogP contribution is 2.45. The fourth-order valence-electron chi connectivity index (χ4n) is 7.16. The van der Waals surface area contributed by atoms with E-state index in [9.17, 15) is 0 Å². The molecule has 0 atom stereocenters. The van der Waals surface area contributed by atoms with Crippen LogP contribution in [0.2, 0.25) is 0 Å². The molecule has 0 unspecified atom stereocenters. The van der Waals surface area contributed by atoms with Crippen molar-refractivity contribution in [3.63, 3.8) is 0 Å². The van der Waals surface area contributed by atoms with E-state index < -0.39 is 0 Å². The Morgan fingerprint density at radius 3 is 1.18 bits per heavy atom.